The van der Waals surface area contributed by atoms with Crippen LogP contribution in [0.5, 0.6) is 0 Å². The van der Waals surface area contributed by atoms with Gasteiger partial charge in [0.2, 0.25) is 5.91 Å². The molecular formula is C8H12F3NO2. The molecule has 14 heavy (non-hydrogen) atoms. The van der Waals surface area contributed by atoms with Crippen molar-refractivity contribution in [2.75, 3.05) is 13.2 Å². The zero-order valence-electron chi connectivity index (χ0n) is 7.55. The average molecular weight is 211 g/mol. The fourth-order valence-electron chi connectivity index (χ4n) is 1.28. The Kier molecular flexibility index (Phi) is 3.36. The van der Waals surface area contributed by atoms with Crippen molar-refractivity contribution in [2.24, 2.45) is 0 Å². The molecule has 0 aromatic heterocycles. The number of alkyl halides is 3. The minimum absolute atomic E-state index is 0.000417. The lowest BCUT2D eigenvalue weighted by Crippen LogP contribution is -2.37. The number of nitrogens with zero attached hydrogens (tertiary/aromatic N) is 1. The van der Waals surface area contributed by atoms with Crippen LogP contribution >= 0.6 is 0 Å². The SMILES string of the molecule is O=C(CC(F)(F)F)N(CCO)C1CC1. The third kappa shape index (κ3) is 3.53. The predicted octanol–water partition coefficient (Wildman–Crippen LogP) is 0.922. The van der Waals surface area contributed by atoms with Crippen LogP contribution in [0.1, 0.15) is 19.3 Å². The molecule has 1 rings (SSSR count). The second-order valence-corrected chi connectivity index (χ2v) is 3.33. The summed E-state index contributed by atoms with van der Waals surface area (Å²) in [6, 6.07) is -0.0861. The fraction of sp³-hybridized carbons (Fsp3) is 0.875. The zero-order valence-corrected chi connectivity index (χ0v) is 7.55. The molecule has 0 atom stereocenters. The van der Waals surface area contributed by atoms with Gasteiger partial charge in [0.25, 0.3) is 0 Å². The molecule has 1 aliphatic rings. The van der Waals surface area contributed by atoms with Gasteiger partial charge in [-0.05, 0) is 12.8 Å². The Bertz CT molecular complexity index is 213. The molecule has 0 aromatic rings. The summed E-state index contributed by atoms with van der Waals surface area (Å²) in [7, 11) is 0. The molecule has 6 heteroatoms. The van der Waals surface area contributed by atoms with Crippen molar-refractivity contribution in [1.29, 1.82) is 0 Å². The van der Waals surface area contributed by atoms with Gasteiger partial charge in [-0.3, -0.25) is 4.79 Å². The summed E-state index contributed by atoms with van der Waals surface area (Å²) in [6.07, 6.45) is -4.41. The molecule has 0 saturated heterocycles. The maximum Gasteiger partial charge on any atom is 0.397 e. The van der Waals surface area contributed by atoms with Crippen LogP contribution in [0.25, 0.3) is 0 Å². The van der Waals surface area contributed by atoms with E-state index in [1.807, 2.05) is 0 Å². The number of aliphatic hydroxyl groups is 1. The first-order valence-electron chi connectivity index (χ1n) is 4.41. The van der Waals surface area contributed by atoms with E-state index in [4.69, 9.17) is 5.11 Å². The van der Waals surface area contributed by atoms with Crippen molar-refractivity contribution >= 4 is 5.91 Å². The van der Waals surface area contributed by atoms with Crippen LogP contribution in [0.15, 0.2) is 0 Å². The highest BCUT2D eigenvalue weighted by Gasteiger charge is 2.38. The molecule has 0 spiro atoms. The quantitative estimate of drug-likeness (QED) is 0.751. The molecule has 1 fully saturated rings. The molecule has 3 nitrogen and oxygen atoms in total. The fourth-order valence-corrected chi connectivity index (χ4v) is 1.28. The molecule has 0 aromatic carbocycles. The summed E-state index contributed by atoms with van der Waals surface area (Å²) in [5.74, 6) is -0.936. The number of hydrogen-bond donors (Lipinski definition) is 1. The Labute approximate surface area is 79.5 Å². The first-order valence-corrected chi connectivity index (χ1v) is 4.41. The van der Waals surface area contributed by atoms with Crippen molar-refractivity contribution in [2.45, 2.75) is 31.5 Å². The van der Waals surface area contributed by atoms with Gasteiger partial charge in [-0.25, -0.2) is 0 Å². The van der Waals surface area contributed by atoms with Crippen LogP contribution in [0, 0.1) is 0 Å². The zero-order chi connectivity index (χ0) is 10.8. The second-order valence-electron chi connectivity index (χ2n) is 3.33. The van der Waals surface area contributed by atoms with Gasteiger partial charge in [-0.15, -0.1) is 0 Å². The topological polar surface area (TPSA) is 40.5 Å². The number of aliphatic hydroxyl groups excluding tert-OH is 1. The maximum absolute atomic E-state index is 11.9. The molecule has 0 bridgehead atoms. The second kappa shape index (κ2) is 4.16. The summed E-state index contributed by atoms with van der Waals surface area (Å²) in [5, 5.41) is 8.59. The number of rotatable bonds is 4. The van der Waals surface area contributed by atoms with Gasteiger partial charge >= 0.3 is 6.18 Å². The number of hydrogen-bond acceptors (Lipinski definition) is 2. The number of carbonyl (C=O) groups is 1. The highest BCUT2D eigenvalue weighted by molar-refractivity contribution is 5.77. The molecule has 0 aliphatic heterocycles. The van der Waals surface area contributed by atoms with Crippen molar-refractivity contribution < 1.29 is 23.1 Å². The number of amides is 1. The Morgan fingerprint density at radius 3 is 2.36 bits per heavy atom. The van der Waals surface area contributed by atoms with E-state index in [9.17, 15) is 18.0 Å². The normalized spacial score (nSPS) is 16.9. The van der Waals surface area contributed by atoms with Gasteiger partial charge in [-0.2, -0.15) is 13.2 Å². The Hall–Kier alpha value is -0.780. The van der Waals surface area contributed by atoms with Crippen molar-refractivity contribution in [3.63, 3.8) is 0 Å². The Balaban J connectivity index is 2.46. The van der Waals surface area contributed by atoms with E-state index in [2.05, 4.69) is 0 Å². The molecule has 1 saturated carbocycles. The van der Waals surface area contributed by atoms with E-state index in [1.54, 1.807) is 0 Å². The Morgan fingerprint density at radius 2 is 2.00 bits per heavy atom. The smallest absolute Gasteiger partial charge is 0.395 e. The largest absolute Gasteiger partial charge is 0.397 e. The predicted molar refractivity (Wildman–Crippen MR) is 42.5 cm³/mol. The molecular weight excluding hydrogens is 199 g/mol. The lowest BCUT2D eigenvalue weighted by molar-refractivity contribution is -0.162. The van der Waals surface area contributed by atoms with Gasteiger partial charge in [0.05, 0.1) is 6.61 Å². The molecule has 1 N–H and O–H groups in total. The standard InChI is InChI=1S/C8H12F3NO2/c9-8(10,11)5-7(14)12(3-4-13)6-1-2-6/h6,13H,1-5H2. The van der Waals surface area contributed by atoms with Crippen molar-refractivity contribution in [1.82, 2.24) is 4.90 Å². The molecule has 82 valence electrons. The molecule has 0 radical (unpaired) electrons. The van der Waals surface area contributed by atoms with Crippen LogP contribution in [-0.4, -0.2) is 41.3 Å². The third-order valence-corrected chi connectivity index (χ3v) is 2.00. The van der Waals surface area contributed by atoms with Crippen molar-refractivity contribution in [3.05, 3.63) is 0 Å². The Morgan fingerprint density at radius 1 is 1.43 bits per heavy atom. The van der Waals surface area contributed by atoms with Crippen LogP contribution in [0.3, 0.4) is 0 Å². The summed E-state index contributed by atoms with van der Waals surface area (Å²) in [6.45, 7) is -0.292. The van der Waals surface area contributed by atoms with E-state index in [0.717, 1.165) is 17.7 Å². The lowest BCUT2D eigenvalue weighted by atomic mass is 10.3. The molecule has 1 amide bonds. The van der Waals surface area contributed by atoms with Gasteiger partial charge in [-0.1, -0.05) is 0 Å². The first kappa shape index (κ1) is 11.3. The van der Waals surface area contributed by atoms with E-state index in [1.165, 1.54) is 0 Å². The van der Waals surface area contributed by atoms with E-state index < -0.39 is 18.5 Å². The van der Waals surface area contributed by atoms with Crippen LogP contribution in [0.4, 0.5) is 13.2 Å². The number of halogens is 3. The van der Waals surface area contributed by atoms with Crippen LogP contribution in [0.2, 0.25) is 0 Å². The van der Waals surface area contributed by atoms with Gasteiger partial charge in [0.1, 0.15) is 6.42 Å². The molecule has 1 aliphatic carbocycles. The summed E-state index contributed by atoms with van der Waals surface area (Å²) >= 11 is 0. The minimum atomic E-state index is -4.46. The van der Waals surface area contributed by atoms with E-state index in [0.29, 0.717) is 0 Å². The molecule has 0 heterocycles. The minimum Gasteiger partial charge on any atom is -0.395 e. The lowest BCUT2D eigenvalue weighted by Gasteiger charge is -2.21. The first-order chi connectivity index (χ1) is 6.44. The summed E-state index contributed by atoms with van der Waals surface area (Å²) in [4.78, 5) is 12.2. The van der Waals surface area contributed by atoms with Crippen LogP contribution in [-0.2, 0) is 4.79 Å². The van der Waals surface area contributed by atoms with Crippen LogP contribution < -0.4 is 0 Å². The van der Waals surface area contributed by atoms with Gasteiger partial charge in [0, 0.05) is 12.6 Å². The molecule has 0 unspecified atom stereocenters. The highest BCUT2D eigenvalue weighted by atomic mass is 19.4. The van der Waals surface area contributed by atoms with E-state index >= 15 is 0 Å². The summed E-state index contributed by atoms with van der Waals surface area (Å²) < 4.78 is 35.6. The maximum atomic E-state index is 11.9. The summed E-state index contributed by atoms with van der Waals surface area (Å²) in [5.41, 5.74) is 0. The third-order valence-electron chi connectivity index (χ3n) is 2.00. The number of carbonyl (C=O) groups excluding carboxylic acids is 1. The highest BCUT2D eigenvalue weighted by Crippen LogP contribution is 2.29. The van der Waals surface area contributed by atoms with Gasteiger partial charge < -0.3 is 10.0 Å². The van der Waals surface area contributed by atoms with Crippen molar-refractivity contribution in [3.8, 4) is 0 Å². The van der Waals surface area contributed by atoms with E-state index in [-0.39, 0.29) is 19.2 Å². The van der Waals surface area contributed by atoms with Gasteiger partial charge in [0.15, 0.2) is 0 Å². The average Bonchev–Trinajstić information content (AvgIpc) is 2.78. The monoisotopic (exact) mass is 211 g/mol.